The van der Waals surface area contributed by atoms with Gasteiger partial charge in [0.25, 0.3) is 5.69 Å². The summed E-state index contributed by atoms with van der Waals surface area (Å²) in [5.41, 5.74) is -2.68. The van der Waals surface area contributed by atoms with Crippen molar-refractivity contribution in [2.24, 2.45) is 0 Å². The Bertz CT molecular complexity index is 602. The molecule has 9 nitrogen and oxygen atoms in total. The van der Waals surface area contributed by atoms with E-state index in [-0.39, 0.29) is 0 Å². The van der Waals surface area contributed by atoms with Gasteiger partial charge in [-0.05, 0) is 6.07 Å². The number of hydrogen-bond acceptors (Lipinski definition) is 6. The number of aliphatic carboxylic acids is 1. The zero-order chi connectivity index (χ0) is 16.3. The fourth-order valence-electron chi connectivity index (χ4n) is 1.62. The number of benzene rings is 1. The Morgan fingerprint density at radius 3 is 2.29 bits per heavy atom. The molecular weight excluding hydrogens is 293 g/mol. The van der Waals surface area contributed by atoms with Crippen LogP contribution >= 0.6 is 0 Å². The third-order valence-corrected chi connectivity index (χ3v) is 2.61. The second-order valence-electron chi connectivity index (χ2n) is 4.06. The van der Waals surface area contributed by atoms with Crippen LogP contribution in [0, 0.1) is 15.9 Å². The second-order valence-corrected chi connectivity index (χ2v) is 4.06. The van der Waals surface area contributed by atoms with Crippen molar-refractivity contribution in [3.63, 3.8) is 0 Å². The first-order valence-electron chi connectivity index (χ1n) is 5.44. The van der Waals surface area contributed by atoms with Gasteiger partial charge < -0.3 is 20.4 Å². The maximum Gasteiger partial charge on any atom is 0.342 e. The van der Waals surface area contributed by atoms with Crippen LogP contribution in [-0.2, 0) is 4.79 Å². The fraction of sp³-hybridized carbons (Fsp3) is 0.273. The molecule has 2 atom stereocenters. The zero-order valence-electron chi connectivity index (χ0n) is 10.3. The molecule has 0 bridgehead atoms. The lowest BCUT2D eigenvalue weighted by atomic mass is 9.99. The van der Waals surface area contributed by atoms with E-state index in [1.54, 1.807) is 0 Å². The highest BCUT2D eigenvalue weighted by Gasteiger charge is 2.29. The summed E-state index contributed by atoms with van der Waals surface area (Å²) in [6, 6.07) is 0.779. The van der Waals surface area contributed by atoms with Gasteiger partial charge in [-0.2, -0.15) is 0 Å². The number of carbonyl (C=O) groups is 2. The normalized spacial score (nSPS) is 13.5. The van der Waals surface area contributed by atoms with Crippen LogP contribution in [-0.4, -0.2) is 43.4 Å². The first kappa shape index (κ1) is 16.5. The van der Waals surface area contributed by atoms with Crippen molar-refractivity contribution >= 4 is 17.6 Å². The van der Waals surface area contributed by atoms with Gasteiger partial charge in [0.2, 0.25) is 0 Å². The Kier molecular flexibility index (Phi) is 4.89. The first-order chi connectivity index (χ1) is 9.65. The highest BCUT2D eigenvalue weighted by molar-refractivity contribution is 5.92. The molecule has 21 heavy (non-hydrogen) atoms. The van der Waals surface area contributed by atoms with Gasteiger partial charge in [0.05, 0.1) is 17.4 Å². The zero-order valence-corrected chi connectivity index (χ0v) is 10.3. The summed E-state index contributed by atoms with van der Waals surface area (Å²) in [4.78, 5) is 30.8. The SMILES string of the molecule is O=C(O)CC(O)C(O)c1cc([N+](=O)[O-])c(C(=O)O)cc1F. The minimum atomic E-state index is -2.05. The molecule has 0 aromatic heterocycles. The molecule has 0 aliphatic carbocycles. The van der Waals surface area contributed by atoms with E-state index in [9.17, 15) is 34.3 Å². The molecule has 0 saturated heterocycles. The number of aliphatic hydroxyl groups excluding tert-OH is 2. The van der Waals surface area contributed by atoms with Gasteiger partial charge >= 0.3 is 11.9 Å². The predicted octanol–water partition coefficient (Wildman–Crippen LogP) is 0.301. The summed E-state index contributed by atoms with van der Waals surface area (Å²) in [5, 5.41) is 47.0. The average molecular weight is 303 g/mol. The van der Waals surface area contributed by atoms with Crippen LogP contribution in [0.25, 0.3) is 0 Å². The largest absolute Gasteiger partial charge is 0.481 e. The standard InChI is InChI=1S/C11H10FNO8/c12-6-1-5(11(18)19)7(13(20)21)2-4(6)10(17)8(14)3-9(15)16/h1-2,8,10,14,17H,3H2,(H,15,16)(H,18,19). The molecule has 0 radical (unpaired) electrons. The highest BCUT2D eigenvalue weighted by Crippen LogP contribution is 2.29. The number of carboxylic acids is 2. The summed E-state index contributed by atoms with van der Waals surface area (Å²) in [6.45, 7) is 0. The van der Waals surface area contributed by atoms with Crippen molar-refractivity contribution in [2.45, 2.75) is 18.6 Å². The summed E-state index contributed by atoms with van der Waals surface area (Å²) in [5.74, 6) is -4.53. The molecule has 0 amide bonds. The number of aromatic carboxylic acids is 1. The lowest BCUT2D eigenvalue weighted by Crippen LogP contribution is -2.23. The topological polar surface area (TPSA) is 158 Å². The van der Waals surface area contributed by atoms with E-state index in [0.29, 0.717) is 12.1 Å². The molecule has 0 heterocycles. The predicted molar refractivity (Wildman–Crippen MR) is 63.2 cm³/mol. The van der Waals surface area contributed by atoms with E-state index in [1.807, 2.05) is 0 Å². The van der Waals surface area contributed by atoms with Gasteiger partial charge in [-0.1, -0.05) is 0 Å². The van der Waals surface area contributed by atoms with Crippen molar-refractivity contribution in [1.82, 2.24) is 0 Å². The smallest absolute Gasteiger partial charge is 0.342 e. The van der Waals surface area contributed by atoms with Gasteiger partial charge in [-0.25, -0.2) is 9.18 Å². The van der Waals surface area contributed by atoms with Crippen molar-refractivity contribution in [3.05, 3.63) is 39.2 Å². The van der Waals surface area contributed by atoms with Crippen LogP contribution in [0.4, 0.5) is 10.1 Å². The van der Waals surface area contributed by atoms with Gasteiger partial charge in [-0.3, -0.25) is 14.9 Å². The number of halogens is 1. The number of nitro groups is 1. The molecule has 0 fully saturated rings. The van der Waals surface area contributed by atoms with Crippen molar-refractivity contribution < 1.29 is 39.3 Å². The molecule has 1 aromatic carbocycles. The molecule has 4 N–H and O–H groups in total. The summed E-state index contributed by atoms with van der Waals surface area (Å²) < 4.78 is 13.7. The molecule has 1 aromatic rings. The van der Waals surface area contributed by atoms with Gasteiger partial charge in [0.15, 0.2) is 0 Å². The lowest BCUT2D eigenvalue weighted by molar-refractivity contribution is -0.385. The Morgan fingerprint density at radius 2 is 1.86 bits per heavy atom. The van der Waals surface area contributed by atoms with Gasteiger partial charge in [0, 0.05) is 11.6 Å². The van der Waals surface area contributed by atoms with Gasteiger partial charge in [0.1, 0.15) is 17.5 Å². The minimum absolute atomic E-state index is 0.326. The Morgan fingerprint density at radius 1 is 1.29 bits per heavy atom. The fourth-order valence-corrected chi connectivity index (χ4v) is 1.62. The molecule has 0 aliphatic rings. The number of hydrogen-bond donors (Lipinski definition) is 4. The molecule has 114 valence electrons. The van der Waals surface area contributed by atoms with Crippen LogP contribution < -0.4 is 0 Å². The molecule has 1 rings (SSSR count). The maximum absolute atomic E-state index is 13.7. The molecule has 0 aliphatic heterocycles. The van der Waals surface area contributed by atoms with E-state index in [4.69, 9.17) is 10.2 Å². The lowest BCUT2D eigenvalue weighted by Gasteiger charge is -2.17. The monoisotopic (exact) mass is 303 g/mol. The quantitative estimate of drug-likeness (QED) is 0.431. The van der Waals surface area contributed by atoms with E-state index in [1.165, 1.54) is 0 Å². The Hall–Kier alpha value is -2.59. The van der Waals surface area contributed by atoms with E-state index < -0.39 is 58.1 Å². The summed E-state index contributed by atoms with van der Waals surface area (Å²) in [7, 11) is 0. The summed E-state index contributed by atoms with van der Waals surface area (Å²) >= 11 is 0. The van der Waals surface area contributed by atoms with Crippen molar-refractivity contribution in [1.29, 1.82) is 0 Å². The van der Waals surface area contributed by atoms with E-state index in [2.05, 4.69) is 0 Å². The summed E-state index contributed by atoms with van der Waals surface area (Å²) in [6.07, 6.45) is -4.88. The minimum Gasteiger partial charge on any atom is -0.481 e. The molecule has 0 saturated carbocycles. The van der Waals surface area contributed by atoms with E-state index in [0.717, 1.165) is 0 Å². The van der Waals surface area contributed by atoms with Crippen LogP contribution in [0.5, 0.6) is 0 Å². The number of nitrogens with zero attached hydrogens (tertiary/aromatic N) is 1. The number of carboxylic acid groups (broad SMARTS) is 2. The maximum atomic E-state index is 13.7. The van der Waals surface area contributed by atoms with Crippen molar-refractivity contribution in [2.75, 3.05) is 0 Å². The molecule has 10 heteroatoms. The van der Waals surface area contributed by atoms with Crippen molar-refractivity contribution in [3.8, 4) is 0 Å². The van der Waals surface area contributed by atoms with Crippen LogP contribution in [0.3, 0.4) is 0 Å². The van der Waals surface area contributed by atoms with E-state index >= 15 is 0 Å². The molecule has 2 unspecified atom stereocenters. The number of nitro benzene ring substituents is 1. The first-order valence-corrected chi connectivity index (χ1v) is 5.44. The molecular formula is C11H10FNO8. The number of rotatable bonds is 6. The Labute approximate surface area is 116 Å². The van der Waals surface area contributed by atoms with Crippen LogP contribution in [0.2, 0.25) is 0 Å². The van der Waals surface area contributed by atoms with Crippen LogP contribution in [0.1, 0.15) is 28.4 Å². The van der Waals surface area contributed by atoms with Crippen LogP contribution in [0.15, 0.2) is 12.1 Å². The molecule has 0 spiro atoms. The van der Waals surface area contributed by atoms with Gasteiger partial charge in [-0.15, -0.1) is 0 Å². The average Bonchev–Trinajstić information content (AvgIpc) is 2.36. The Balaban J connectivity index is 3.31. The third-order valence-electron chi connectivity index (χ3n) is 2.61. The number of aliphatic hydroxyl groups is 2. The third kappa shape index (κ3) is 3.70. The highest BCUT2D eigenvalue weighted by atomic mass is 19.1. The second kappa shape index (κ2) is 6.24.